The van der Waals surface area contributed by atoms with Crippen molar-refractivity contribution in [2.45, 2.75) is 84.9 Å². The number of piperidine rings is 1. The first-order chi connectivity index (χ1) is 8.37. The van der Waals surface area contributed by atoms with E-state index in [4.69, 9.17) is 4.74 Å². The molecule has 1 amide bonds. The molecule has 3 heteroatoms. The van der Waals surface area contributed by atoms with Crippen LogP contribution in [0.5, 0.6) is 0 Å². The Bertz CT molecular complexity index is 269. The van der Waals surface area contributed by atoms with Crippen molar-refractivity contribution in [1.29, 1.82) is 0 Å². The van der Waals surface area contributed by atoms with Crippen molar-refractivity contribution in [3.05, 3.63) is 0 Å². The molecular weight excluding hydrogens is 226 g/mol. The Labute approximate surface area is 112 Å². The number of amides is 1. The van der Waals surface area contributed by atoms with Crippen LogP contribution in [0.1, 0.15) is 67.2 Å². The molecule has 0 radical (unpaired) electrons. The molecule has 3 nitrogen and oxygen atoms in total. The van der Waals surface area contributed by atoms with Crippen LogP contribution in [0.3, 0.4) is 0 Å². The normalized spacial score (nSPS) is 30.6. The van der Waals surface area contributed by atoms with E-state index in [1.807, 2.05) is 39.5 Å². The number of carbonyl (C=O) groups is 1. The zero-order valence-corrected chi connectivity index (χ0v) is 12.8. The molecule has 2 atom stereocenters. The summed E-state index contributed by atoms with van der Waals surface area (Å²) < 4.78 is 5.48. The first-order valence-corrected chi connectivity index (χ1v) is 7.38. The predicted octanol–water partition coefficient (Wildman–Crippen LogP) is 4.21. The van der Waals surface area contributed by atoms with E-state index >= 15 is 0 Å². The van der Waals surface area contributed by atoms with Crippen LogP contribution in [0.2, 0.25) is 0 Å². The fourth-order valence-corrected chi connectivity index (χ4v) is 3.06. The summed E-state index contributed by atoms with van der Waals surface area (Å²) in [6.07, 6.45) is 4.51. The SMILES string of the molecule is CC.CC1CC2CCC(C1)N2C(=O)OC(C)(C)C. The lowest BCUT2D eigenvalue weighted by Gasteiger charge is -2.38. The van der Waals surface area contributed by atoms with Gasteiger partial charge in [-0.15, -0.1) is 0 Å². The summed E-state index contributed by atoms with van der Waals surface area (Å²) in [5.41, 5.74) is -0.375. The van der Waals surface area contributed by atoms with Crippen molar-refractivity contribution in [3.8, 4) is 0 Å². The summed E-state index contributed by atoms with van der Waals surface area (Å²) in [7, 11) is 0. The number of hydrogen-bond donors (Lipinski definition) is 0. The van der Waals surface area contributed by atoms with Crippen LogP contribution in [0.25, 0.3) is 0 Å². The smallest absolute Gasteiger partial charge is 0.410 e. The molecule has 106 valence electrons. The molecule has 0 aromatic carbocycles. The van der Waals surface area contributed by atoms with Crippen LogP contribution >= 0.6 is 0 Å². The van der Waals surface area contributed by atoms with Gasteiger partial charge >= 0.3 is 6.09 Å². The van der Waals surface area contributed by atoms with Crippen LogP contribution in [0.4, 0.5) is 4.79 Å². The van der Waals surface area contributed by atoms with Crippen LogP contribution in [0.15, 0.2) is 0 Å². The molecule has 0 N–H and O–H groups in total. The highest BCUT2D eigenvalue weighted by Gasteiger charge is 2.43. The van der Waals surface area contributed by atoms with Crippen molar-refractivity contribution in [3.63, 3.8) is 0 Å². The molecule has 2 saturated heterocycles. The number of rotatable bonds is 0. The minimum Gasteiger partial charge on any atom is -0.444 e. The molecule has 2 heterocycles. The van der Waals surface area contributed by atoms with E-state index in [1.54, 1.807) is 0 Å². The Morgan fingerprint density at radius 1 is 1.11 bits per heavy atom. The molecule has 2 bridgehead atoms. The first-order valence-electron chi connectivity index (χ1n) is 7.38. The predicted molar refractivity (Wildman–Crippen MR) is 74.6 cm³/mol. The minimum atomic E-state index is -0.375. The van der Waals surface area contributed by atoms with Gasteiger partial charge in [-0.2, -0.15) is 0 Å². The van der Waals surface area contributed by atoms with Crippen molar-refractivity contribution in [2.24, 2.45) is 5.92 Å². The van der Waals surface area contributed by atoms with Gasteiger partial charge in [-0.25, -0.2) is 4.79 Å². The highest BCUT2D eigenvalue weighted by molar-refractivity contribution is 5.69. The molecule has 2 unspecified atom stereocenters. The summed E-state index contributed by atoms with van der Waals surface area (Å²) in [6, 6.07) is 0.868. The third-order valence-electron chi connectivity index (χ3n) is 3.57. The lowest BCUT2D eigenvalue weighted by Crippen LogP contribution is -2.48. The molecule has 2 rings (SSSR count). The van der Waals surface area contributed by atoms with Gasteiger partial charge in [-0.1, -0.05) is 20.8 Å². The maximum absolute atomic E-state index is 12.1. The topological polar surface area (TPSA) is 29.5 Å². The quantitative estimate of drug-likeness (QED) is 0.649. The largest absolute Gasteiger partial charge is 0.444 e. The maximum Gasteiger partial charge on any atom is 0.410 e. The molecule has 18 heavy (non-hydrogen) atoms. The number of fused-ring (bicyclic) bond motifs is 2. The van der Waals surface area contributed by atoms with Gasteiger partial charge in [0.25, 0.3) is 0 Å². The van der Waals surface area contributed by atoms with Gasteiger partial charge in [0.05, 0.1) is 0 Å². The molecule has 2 aliphatic heterocycles. The number of nitrogens with zero attached hydrogens (tertiary/aromatic N) is 1. The Kier molecular flexibility index (Phi) is 5.06. The van der Waals surface area contributed by atoms with E-state index in [-0.39, 0.29) is 11.7 Å². The van der Waals surface area contributed by atoms with E-state index < -0.39 is 0 Å². The molecule has 2 fully saturated rings. The third-order valence-corrected chi connectivity index (χ3v) is 3.57. The van der Waals surface area contributed by atoms with E-state index in [0.29, 0.717) is 12.1 Å². The summed E-state index contributed by atoms with van der Waals surface area (Å²) in [5, 5.41) is 0. The van der Waals surface area contributed by atoms with Crippen molar-refractivity contribution in [2.75, 3.05) is 0 Å². The summed E-state index contributed by atoms with van der Waals surface area (Å²) in [5.74, 6) is 0.760. The Morgan fingerprint density at radius 2 is 1.56 bits per heavy atom. The minimum absolute atomic E-state index is 0.105. The van der Waals surface area contributed by atoms with Crippen LogP contribution in [-0.2, 0) is 4.74 Å². The lowest BCUT2D eigenvalue weighted by molar-refractivity contribution is 0.00317. The number of hydrogen-bond acceptors (Lipinski definition) is 2. The van der Waals surface area contributed by atoms with Gasteiger partial charge in [0.2, 0.25) is 0 Å². The Hall–Kier alpha value is -0.730. The molecular formula is C15H29NO2. The fraction of sp³-hybridized carbons (Fsp3) is 0.933. The number of carbonyl (C=O) groups excluding carboxylic acids is 1. The van der Waals surface area contributed by atoms with Gasteiger partial charge in [0, 0.05) is 12.1 Å². The van der Waals surface area contributed by atoms with E-state index in [0.717, 1.165) is 31.6 Å². The summed E-state index contributed by atoms with van der Waals surface area (Å²) in [6.45, 7) is 12.1. The number of ether oxygens (including phenoxy) is 1. The van der Waals surface area contributed by atoms with Crippen molar-refractivity contribution >= 4 is 6.09 Å². The highest BCUT2D eigenvalue weighted by atomic mass is 16.6. The van der Waals surface area contributed by atoms with E-state index in [9.17, 15) is 4.79 Å². The second-order valence-corrected chi connectivity index (χ2v) is 6.35. The Morgan fingerprint density at radius 3 is 1.94 bits per heavy atom. The van der Waals surface area contributed by atoms with Crippen molar-refractivity contribution < 1.29 is 9.53 Å². The standard InChI is InChI=1S/C13H23NO2.C2H6/c1-9-7-10-5-6-11(8-9)14(10)12(15)16-13(2,3)4;1-2/h9-11H,5-8H2,1-4H3;1-2H3. The van der Waals surface area contributed by atoms with Crippen LogP contribution in [0, 0.1) is 5.92 Å². The van der Waals surface area contributed by atoms with Gasteiger partial charge in [-0.3, -0.25) is 0 Å². The zero-order chi connectivity index (χ0) is 13.9. The molecule has 0 saturated carbocycles. The van der Waals surface area contributed by atoms with E-state index in [2.05, 4.69) is 6.92 Å². The zero-order valence-electron chi connectivity index (χ0n) is 12.8. The van der Waals surface area contributed by atoms with Gasteiger partial charge in [0.1, 0.15) is 5.60 Å². The van der Waals surface area contributed by atoms with Crippen LogP contribution < -0.4 is 0 Å². The van der Waals surface area contributed by atoms with Gasteiger partial charge in [-0.05, 0) is 52.4 Å². The maximum atomic E-state index is 12.1. The Balaban J connectivity index is 0.000000771. The summed E-state index contributed by atoms with van der Waals surface area (Å²) in [4.78, 5) is 14.1. The third kappa shape index (κ3) is 3.63. The molecule has 0 aliphatic carbocycles. The van der Waals surface area contributed by atoms with Crippen molar-refractivity contribution in [1.82, 2.24) is 4.90 Å². The monoisotopic (exact) mass is 255 g/mol. The average Bonchev–Trinajstić information content (AvgIpc) is 2.52. The van der Waals surface area contributed by atoms with Gasteiger partial charge < -0.3 is 9.64 Å². The lowest BCUT2D eigenvalue weighted by atomic mass is 9.93. The van der Waals surface area contributed by atoms with Gasteiger partial charge in [0.15, 0.2) is 0 Å². The average molecular weight is 255 g/mol. The van der Waals surface area contributed by atoms with Crippen LogP contribution in [-0.4, -0.2) is 28.7 Å². The molecule has 2 aliphatic rings. The second-order valence-electron chi connectivity index (χ2n) is 6.35. The summed E-state index contributed by atoms with van der Waals surface area (Å²) >= 11 is 0. The highest BCUT2D eigenvalue weighted by Crippen LogP contribution is 2.39. The fourth-order valence-electron chi connectivity index (χ4n) is 3.06. The molecule has 0 spiro atoms. The molecule has 0 aromatic heterocycles. The first kappa shape index (κ1) is 15.3. The second kappa shape index (κ2) is 5.94. The van der Waals surface area contributed by atoms with E-state index in [1.165, 1.54) is 0 Å². The molecule has 0 aromatic rings.